The van der Waals surface area contributed by atoms with Gasteiger partial charge in [-0.05, 0) is 5.56 Å². The normalized spacial score (nSPS) is 21.1. The maximum atomic E-state index is 10.9. The largest absolute Gasteiger partial charge is 0.325 e. The van der Waals surface area contributed by atoms with Crippen LogP contribution in [0, 0.1) is 0 Å². The van der Waals surface area contributed by atoms with E-state index in [1.807, 2.05) is 30.3 Å². The van der Waals surface area contributed by atoms with Gasteiger partial charge in [0.2, 0.25) is 0 Å². The summed E-state index contributed by atoms with van der Waals surface area (Å²) in [5.41, 5.74) is 1.01. The van der Waals surface area contributed by atoms with Crippen LogP contribution in [0.3, 0.4) is 0 Å². The summed E-state index contributed by atoms with van der Waals surface area (Å²) < 4.78 is 0. The Hall–Kier alpha value is -1.42. The predicted octanol–water partition coefficient (Wildman–Crippen LogP) is 1.37. The van der Waals surface area contributed by atoms with E-state index < -0.39 is 0 Å². The number of carbonyl (C=O) groups is 1. The van der Waals surface area contributed by atoms with Crippen LogP contribution < -0.4 is 10.6 Å². The molecule has 0 radical (unpaired) electrons. The van der Waals surface area contributed by atoms with Gasteiger partial charge in [0.25, 0.3) is 0 Å². The molecule has 1 aromatic rings. The van der Waals surface area contributed by atoms with E-state index >= 15 is 0 Å². The molecule has 2 amide bonds. The van der Waals surface area contributed by atoms with Crippen molar-refractivity contribution in [1.29, 1.82) is 0 Å². The summed E-state index contributed by atoms with van der Waals surface area (Å²) in [5.74, 6) is 0. The molecule has 66 valence electrons. The highest BCUT2D eigenvalue weighted by Crippen LogP contribution is 2.16. The van der Waals surface area contributed by atoms with E-state index in [4.69, 9.17) is 12.2 Å². The molecule has 1 aromatic carbocycles. The Labute approximate surface area is 81.1 Å². The number of hydrogen-bond donors (Lipinski definition) is 2. The summed E-state index contributed by atoms with van der Waals surface area (Å²) >= 11 is 5.01. The highest BCUT2D eigenvalue weighted by molar-refractivity contribution is 7.80. The van der Waals surface area contributed by atoms with Crippen LogP contribution in [0.4, 0.5) is 4.79 Å². The highest BCUT2D eigenvalue weighted by atomic mass is 32.1. The topological polar surface area (TPSA) is 41.1 Å². The number of thiocarbonyl (C=S) groups is 1. The van der Waals surface area contributed by atoms with Crippen molar-refractivity contribution >= 4 is 23.2 Å². The third-order valence-electron chi connectivity index (χ3n) is 1.91. The molecule has 1 aliphatic rings. The number of urea groups is 1. The fourth-order valence-corrected chi connectivity index (χ4v) is 1.58. The lowest BCUT2D eigenvalue weighted by atomic mass is 10.1. The van der Waals surface area contributed by atoms with Gasteiger partial charge in [0.05, 0.1) is 0 Å². The molecular weight excluding hydrogens is 184 g/mol. The second-order valence-electron chi connectivity index (χ2n) is 2.81. The Balaban J connectivity index is 2.28. The minimum atomic E-state index is -0.223. The minimum Gasteiger partial charge on any atom is -0.325 e. The van der Waals surface area contributed by atoms with Gasteiger partial charge in [0.15, 0.2) is 0 Å². The molecule has 1 heterocycles. The lowest BCUT2D eigenvalue weighted by Gasteiger charge is -2.07. The van der Waals surface area contributed by atoms with Crippen LogP contribution in [0.1, 0.15) is 11.6 Å². The van der Waals surface area contributed by atoms with E-state index in [-0.39, 0.29) is 12.1 Å². The standard InChI is InChI=1S/C9H8N2OS/c12-9-10-7(8(13)11-9)6-4-2-1-3-5-6/h1-5,7H,(H2,10,11,12,13). The fraction of sp³-hybridized carbons (Fsp3) is 0.111. The monoisotopic (exact) mass is 192 g/mol. The summed E-state index contributed by atoms with van der Waals surface area (Å²) in [7, 11) is 0. The average molecular weight is 192 g/mol. The zero-order chi connectivity index (χ0) is 9.26. The first kappa shape index (κ1) is 8.19. The van der Waals surface area contributed by atoms with Gasteiger partial charge < -0.3 is 10.6 Å². The van der Waals surface area contributed by atoms with Crippen molar-refractivity contribution in [3.05, 3.63) is 35.9 Å². The third-order valence-corrected chi connectivity index (χ3v) is 2.25. The van der Waals surface area contributed by atoms with Crippen molar-refractivity contribution in [3.63, 3.8) is 0 Å². The quantitative estimate of drug-likeness (QED) is 0.660. The van der Waals surface area contributed by atoms with Crippen molar-refractivity contribution in [2.24, 2.45) is 0 Å². The van der Waals surface area contributed by atoms with Crippen LogP contribution in [0.5, 0.6) is 0 Å². The lowest BCUT2D eigenvalue weighted by molar-refractivity contribution is 0.248. The molecule has 1 saturated heterocycles. The molecule has 0 aliphatic carbocycles. The molecule has 0 bridgehead atoms. The molecule has 0 saturated carbocycles. The van der Waals surface area contributed by atoms with Gasteiger partial charge >= 0.3 is 6.03 Å². The van der Waals surface area contributed by atoms with Crippen LogP contribution >= 0.6 is 12.2 Å². The van der Waals surface area contributed by atoms with Crippen molar-refractivity contribution in [3.8, 4) is 0 Å². The van der Waals surface area contributed by atoms with E-state index in [1.165, 1.54) is 0 Å². The second-order valence-corrected chi connectivity index (χ2v) is 3.25. The number of amides is 2. The van der Waals surface area contributed by atoms with Crippen LogP contribution in [0.15, 0.2) is 30.3 Å². The maximum absolute atomic E-state index is 10.9. The molecule has 2 rings (SSSR count). The van der Waals surface area contributed by atoms with Gasteiger partial charge in [-0.25, -0.2) is 4.79 Å². The number of rotatable bonds is 1. The summed E-state index contributed by atoms with van der Waals surface area (Å²) in [4.78, 5) is 11.5. The fourth-order valence-electron chi connectivity index (χ4n) is 1.30. The summed E-state index contributed by atoms with van der Waals surface area (Å²) in [6.45, 7) is 0. The highest BCUT2D eigenvalue weighted by Gasteiger charge is 2.26. The first-order valence-corrected chi connectivity index (χ1v) is 4.34. The Kier molecular flexibility index (Phi) is 1.98. The predicted molar refractivity (Wildman–Crippen MR) is 53.4 cm³/mol. The number of hydrogen-bond acceptors (Lipinski definition) is 2. The van der Waals surface area contributed by atoms with Gasteiger partial charge in [-0.3, -0.25) is 0 Å². The minimum absolute atomic E-state index is 0.163. The number of benzene rings is 1. The zero-order valence-electron chi connectivity index (χ0n) is 6.78. The van der Waals surface area contributed by atoms with Gasteiger partial charge in [-0.2, -0.15) is 0 Å². The molecular formula is C9H8N2OS. The Morgan fingerprint density at radius 3 is 2.46 bits per heavy atom. The van der Waals surface area contributed by atoms with Crippen molar-refractivity contribution < 1.29 is 4.79 Å². The Bertz CT molecular complexity index is 350. The van der Waals surface area contributed by atoms with E-state index in [0.29, 0.717) is 4.99 Å². The Morgan fingerprint density at radius 2 is 1.92 bits per heavy atom. The average Bonchev–Trinajstić information content (AvgIpc) is 2.47. The van der Waals surface area contributed by atoms with Gasteiger partial charge in [0, 0.05) is 0 Å². The Morgan fingerprint density at radius 1 is 1.23 bits per heavy atom. The first-order chi connectivity index (χ1) is 6.27. The summed E-state index contributed by atoms with van der Waals surface area (Å²) in [6.07, 6.45) is 0. The second kappa shape index (κ2) is 3.14. The number of carbonyl (C=O) groups excluding carboxylic acids is 1. The zero-order valence-corrected chi connectivity index (χ0v) is 7.60. The van der Waals surface area contributed by atoms with E-state index in [2.05, 4.69) is 10.6 Å². The molecule has 1 fully saturated rings. The SMILES string of the molecule is O=C1NC(=S)C(c2ccccc2)N1. The molecule has 4 heteroatoms. The third kappa shape index (κ3) is 1.53. The molecule has 0 aromatic heterocycles. The number of nitrogens with one attached hydrogen (secondary N) is 2. The molecule has 1 unspecified atom stereocenters. The van der Waals surface area contributed by atoms with Crippen LogP contribution in [0.2, 0.25) is 0 Å². The van der Waals surface area contributed by atoms with Gasteiger partial charge in [-0.1, -0.05) is 42.5 Å². The molecule has 2 N–H and O–H groups in total. The van der Waals surface area contributed by atoms with Crippen LogP contribution in [-0.2, 0) is 0 Å². The van der Waals surface area contributed by atoms with Crippen LogP contribution in [0.25, 0.3) is 0 Å². The van der Waals surface area contributed by atoms with Crippen molar-refractivity contribution in [1.82, 2.24) is 10.6 Å². The first-order valence-electron chi connectivity index (χ1n) is 3.93. The van der Waals surface area contributed by atoms with E-state index in [0.717, 1.165) is 5.56 Å². The molecule has 0 spiro atoms. The molecule has 1 aliphatic heterocycles. The molecule has 1 atom stereocenters. The van der Waals surface area contributed by atoms with E-state index in [9.17, 15) is 4.79 Å². The molecule has 3 nitrogen and oxygen atoms in total. The van der Waals surface area contributed by atoms with Crippen molar-refractivity contribution in [2.75, 3.05) is 0 Å². The van der Waals surface area contributed by atoms with Crippen molar-refractivity contribution in [2.45, 2.75) is 6.04 Å². The maximum Gasteiger partial charge on any atom is 0.320 e. The van der Waals surface area contributed by atoms with Gasteiger partial charge in [0.1, 0.15) is 11.0 Å². The molecule has 13 heavy (non-hydrogen) atoms. The van der Waals surface area contributed by atoms with Gasteiger partial charge in [-0.15, -0.1) is 0 Å². The summed E-state index contributed by atoms with van der Waals surface area (Å²) in [5, 5.41) is 5.28. The lowest BCUT2D eigenvalue weighted by Crippen LogP contribution is -2.21. The van der Waals surface area contributed by atoms with Crippen LogP contribution in [-0.4, -0.2) is 11.0 Å². The summed E-state index contributed by atoms with van der Waals surface area (Å²) in [6, 6.07) is 9.25. The van der Waals surface area contributed by atoms with E-state index in [1.54, 1.807) is 0 Å². The smallest absolute Gasteiger partial charge is 0.320 e.